The van der Waals surface area contributed by atoms with Crippen molar-refractivity contribution < 1.29 is 14.4 Å². The molecule has 3 aromatic rings. The highest BCUT2D eigenvalue weighted by Crippen LogP contribution is 2.36. The van der Waals surface area contributed by atoms with E-state index in [2.05, 4.69) is 27.5 Å². The molecule has 0 saturated carbocycles. The summed E-state index contributed by atoms with van der Waals surface area (Å²) in [7, 11) is 1.83. The second kappa shape index (κ2) is 8.91. The van der Waals surface area contributed by atoms with Crippen LogP contribution in [0.4, 0.5) is 10.8 Å². The van der Waals surface area contributed by atoms with E-state index in [0.717, 1.165) is 33.8 Å². The van der Waals surface area contributed by atoms with E-state index in [0.29, 0.717) is 6.54 Å². The number of thiazole rings is 1. The number of pyridine rings is 1. The van der Waals surface area contributed by atoms with Crippen LogP contribution in [0.25, 0.3) is 10.2 Å². The number of aromatic nitrogens is 2. The molecule has 0 unspecified atom stereocenters. The third-order valence-corrected chi connectivity index (χ3v) is 6.62. The molecule has 0 spiro atoms. The van der Waals surface area contributed by atoms with Gasteiger partial charge in [0.15, 0.2) is 5.13 Å². The predicted octanol–water partition coefficient (Wildman–Crippen LogP) is 2.77. The average molecular weight is 453 g/mol. The summed E-state index contributed by atoms with van der Waals surface area (Å²) in [5, 5.41) is 6.42. The molecule has 2 aromatic heterocycles. The number of primary amides is 1. The molecule has 4 N–H and O–H groups in total. The SMILES string of the molecule is CNc1nc2cc([C@H]3CC[C@H](C)CN3C(=O)C(=O)Nc3cncc(C(N)=O)c3)ccc2s1. The van der Waals surface area contributed by atoms with Gasteiger partial charge < -0.3 is 21.3 Å². The molecule has 166 valence electrons. The molecule has 1 saturated heterocycles. The summed E-state index contributed by atoms with van der Waals surface area (Å²) in [5.41, 5.74) is 7.47. The second-order valence-electron chi connectivity index (χ2n) is 7.93. The maximum absolute atomic E-state index is 13.1. The van der Waals surface area contributed by atoms with Crippen molar-refractivity contribution in [3.05, 3.63) is 47.8 Å². The topological polar surface area (TPSA) is 130 Å². The Bertz CT molecular complexity index is 1190. The van der Waals surface area contributed by atoms with E-state index in [1.54, 1.807) is 16.2 Å². The highest BCUT2D eigenvalue weighted by atomic mass is 32.1. The summed E-state index contributed by atoms with van der Waals surface area (Å²) in [6.45, 7) is 2.55. The fourth-order valence-corrected chi connectivity index (χ4v) is 4.74. The van der Waals surface area contributed by atoms with E-state index in [-0.39, 0.29) is 23.2 Å². The van der Waals surface area contributed by atoms with Crippen LogP contribution in [0.15, 0.2) is 36.7 Å². The molecule has 1 aliphatic heterocycles. The van der Waals surface area contributed by atoms with Gasteiger partial charge in [-0.3, -0.25) is 19.4 Å². The van der Waals surface area contributed by atoms with Crippen molar-refractivity contribution in [2.24, 2.45) is 11.7 Å². The maximum atomic E-state index is 13.1. The van der Waals surface area contributed by atoms with Gasteiger partial charge in [0, 0.05) is 19.8 Å². The first-order valence-electron chi connectivity index (χ1n) is 10.3. The van der Waals surface area contributed by atoms with Crippen LogP contribution in [0, 0.1) is 5.92 Å². The summed E-state index contributed by atoms with van der Waals surface area (Å²) >= 11 is 1.56. The molecule has 3 heterocycles. The van der Waals surface area contributed by atoms with Crippen LogP contribution >= 0.6 is 11.3 Å². The van der Waals surface area contributed by atoms with Gasteiger partial charge in [0.05, 0.1) is 33.7 Å². The number of fused-ring (bicyclic) bond motifs is 1. The number of nitrogens with one attached hydrogen (secondary N) is 2. The molecule has 4 rings (SSSR count). The van der Waals surface area contributed by atoms with E-state index in [1.165, 1.54) is 18.5 Å². The number of nitrogens with two attached hydrogens (primary N) is 1. The molecule has 1 aliphatic rings. The minimum absolute atomic E-state index is 0.150. The third-order valence-electron chi connectivity index (χ3n) is 5.56. The van der Waals surface area contributed by atoms with E-state index < -0.39 is 17.7 Å². The quantitative estimate of drug-likeness (QED) is 0.522. The van der Waals surface area contributed by atoms with Crippen LogP contribution in [-0.4, -0.2) is 46.2 Å². The van der Waals surface area contributed by atoms with Gasteiger partial charge in [-0.15, -0.1) is 0 Å². The molecule has 3 amide bonds. The van der Waals surface area contributed by atoms with Gasteiger partial charge in [-0.2, -0.15) is 0 Å². The highest BCUT2D eigenvalue weighted by molar-refractivity contribution is 7.22. The van der Waals surface area contributed by atoms with Crippen molar-refractivity contribution in [2.75, 3.05) is 24.2 Å². The number of hydrogen-bond donors (Lipinski definition) is 3. The molecule has 2 atom stereocenters. The van der Waals surface area contributed by atoms with Crippen LogP contribution in [0.1, 0.15) is 41.7 Å². The minimum Gasteiger partial charge on any atom is -0.366 e. The molecule has 1 fully saturated rings. The van der Waals surface area contributed by atoms with Gasteiger partial charge in [-0.25, -0.2) is 4.98 Å². The van der Waals surface area contributed by atoms with Crippen LogP contribution in [0.3, 0.4) is 0 Å². The zero-order valence-corrected chi connectivity index (χ0v) is 18.6. The number of anilines is 2. The molecule has 0 aliphatic carbocycles. The van der Waals surface area contributed by atoms with E-state index >= 15 is 0 Å². The van der Waals surface area contributed by atoms with Crippen LogP contribution < -0.4 is 16.4 Å². The number of rotatable bonds is 4. The second-order valence-corrected chi connectivity index (χ2v) is 8.96. The highest BCUT2D eigenvalue weighted by Gasteiger charge is 2.34. The van der Waals surface area contributed by atoms with Crippen molar-refractivity contribution in [1.82, 2.24) is 14.9 Å². The number of amides is 3. The average Bonchev–Trinajstić information content (AvgIpc) is 3.21. The molecular formula is C22H24N6O3S. The number of nitrogens with zero attached hydrogens (tertiary/aromatic N) is 3. The van der Waals surface area contributed by atoms with Gasteiger partial charge >= 0.3 is 11.8 Å². The molecule has 0 bridgehead atoms. The Balaban J connectivity index is 1.57. The van der Waals surface area contributed by atoms with E-state index in [1.807, 2.05) is 25.2 Å². The summed E-state index contributed by atoms with van der Waals surface area (Å²) in [4.78, 5) is 47.3. The molecule has 1 aromatic carbocycles. The van der Waals surface area contributed by atoms with E-state index in [4.69, 9.17) is 5.73 Å². The van der Waals surface area contributed by atoms with Gasteiger partial charge in [0.1, 0.15) is 0 Å². The van der Waals surface area contributed by atoms with Crippen molar-refractivity contribution in [3.8, 4) is 0 Å². The Labute approximate surface area is 189 Å². The van der Waals surface area contributed by atoms with Gasteiger partial charge in [0.2, 0.25) is 5.91 Å². The number of hydrogen-bond acceptors (Lipinski definition) is 7. The first-order chi connectivity index (χ1) is 15.4. The first-order valence-corrected chi connectivity index (χ1v) is 11.1. The Morgan fingerprint density at radius 1 is 1.19 bits per heavy atom. The van der Waals surface area contributed by atoms with Crippen molar-refractivity contribution in [1.29, 1.82) is 0 Å². The third kappa shape index (κ3) is 4.40. The van der Waals surface area contributed by atoms with Crippen molar-refractivity contribution >= 4 is 50.1 Å². The number of carbonyl (C=O) groups excluding carboxylic acids is 3. The summed E-state index contributed by atoms with van der Waals surface area (Å²) < 4.78 is 1.06. The number of benzene rings is 1. The van der Waals surface area contributed by atoms with Crippen molar-refractivity contribution in [3.63, 3.8) is 0 Å². The lowest BCUT2D eigenvalue weighted by atomic mass is 9.89. The van der Waals surface area contributed by atoms with Crippen LogP contribution in [-0.2, 0) is 9.59 Å². The summed E-state index contributed by atoms with van der Waals surface area (Å²) in [5.74, 6) is -1.79. The lowest BCUT2D eigenvalue weighted by molar-refractivity contribution is -0.146. The normalized spacial score (nSPS) is 18.4. The molecule has 0 radical (unpaired) electrons. The molecular weight excluding hydrogens is 428 g/mol. The fraction of sp³-hybridized carbons (Fsp3) is 0.318. The van der Waals surface area contributed by atoms with Gasteiger partial charge in [-0.1, -0.05) is 24.3 Å². The monoisotopic (exact) mass is 452 g/mol. The molecule has 9 nitrogen and oxygen atoms in total. The van der Waals surface area contributed by atoms with Gasteiger partial charge in [-0.05, 0) is 42.5 Å². The summed E-state index contributed by atoms with van der Waals surface area (Å²) in [6, 6.07) is 7.17. The Kier molecular flexibility index (Phi) is 6.04. The smallest absolute Gasteiger partial charge is 0.313 e. The lowest BCUT2D eigenvalue weighted by Crippen LogP contribution is -2.46. The minimum atomic E-state index is -0.778. The maximum Gasteiger partial charge on any atom is 0.313 e. The Morgan fingerprint density at radius 3 is 2.75 bits per heavy atom. The lowest BCUT2D eigenvalue weighted by Gasteiger charge is -2.38. The molecule has 10 heteroatoms. The zero-order chi connectivity index (χ0) is 22.8. The largest absolute Gasteiger partial charge is 0.366 e. The number of piperidine rings is 1. The van der Waals surface area contributed by atoms with Gasteiger partial charge in [0.25, 0.3) is 0 Å². The van der Waals surface area contributed by atoms with Crippen LogP contribution in [0.5, 0.6) is 0 Å². The Morgan fingerprint density at radius 2 is 2.00 bits per heavy atom. The van der Waals surface area contributed by atoms with Crippen molar-refractivity contribution in [2.45, 2.75) is 25.8 Å². The fourth-order valence-electron chi connectivity index (χ4n) is 3.94. The standard InChI is InChI=1S/C22H24N6O3S/c1-12-3-5-17(13-4-6-18-16(8-13)27-22(24-2)32-18)28(11-12)21(31)20(30)26-15-7-14(19(23)29)9-25-10-15/h4,6-10,12,17H,3,5,11H2,1-2H3,(H2,23,29)(H,24,27)(H,26,30)/t12-,17+/m0/s1. The van der Waals surface area contributed by atoms with Crippen LogP contribution in [0.2, 0.25) is 0 Å². The molecule has 32 heavy (non-hydrogen) atoms. The number of carbonyl (C=O) groups is 3. The summed E-state index contributed by atoms with van der Waals surface area (Å²) in [6.07, 6.45) is 4.38. The number of likely N-dealkylation sites (tertiary alicyclic amines) is 1. The Hall–Kier alpha value is -3.53. The van der Waals surface area contributed by atoms with E-state index in [9.17, 15) is 14.4 Å². The first kappa shape index (κ1) is 21.7. The predicted molar refractivity (Wildman–Crippen MR) is 123 cm³/mol. The zero-order valence-electron chi connectivity index (χ0n) is 17.8.